The maximum Gasteiger partial charge on any atom is 0.524 e. The van der Waals surface area contributed by atoms with Gasteiger partial charge in [0.15, 0.2) is 11.5 Å². The second kappa shape index (κ2) is 24.0. The van der Waals surface area contributed by atoms with Gasteiger partial charge in [-0.2, -0.15) is 0 Å². The first-order chi connectivity index (χ1) is 34.7. The predicted octanol–water partition coefficient (Wildman–Crippen LogP) is 4.53. The molecule has 0 bridgehead atoms. The molecule has 4 fully saturated rings. The van der Waals surface area contributed by atoms with E-state index in [2.05, 4.69) is 78.2 Å². The Morgan fingerprint density at radius 3 is 1.24 bits per heavy atom. The van der Waals surface area contributed by atoms with Gasteiger partial charge < -0.3 is 35.3 Å². The van der Waals surface area contributed by atoms with Gasteiger partial charge in [0.25, 0.3) is 5.69 Å². The van der Waals surface area contributed by atoms with Crippen molar-refractivity contribution in [3.63, 3.8) is 0 Å². The molecule has 0 aliphatic carbocycles. The van der Waals surface area contributed by atoms with Crippen molar-refractivity contribution in [3.8, 4) is 17.2 Å². The lowest BCUT2D eigenvalue weighted by Gasteiger charge is -2.18. The van der Waals surface area contributed by atoms with E-state index in [0.717, 1.165) is 28.7 Å². The molecule has 0 spiro atoms. The molecule has 4 aliphatic heterocycles. The van der Waals surface area contributed by atoms with Gasteiger partial charge in [-0.15, -0.1) is 0 Å². The average molecular weight is 1060 g/mol. The van der Waals surface area contributed by atoms with Crippen LogP contribution in [0.2, 0.25) is 0 Å². The van der Waals surface area contributed by atoms with E-state index < -0.39 is 19.1 Å². The molecule has 22 heteroatoms. The van der Waals surface area contributed by atoms with E-state index in [-0.39, 0.29) is 75.5 Å². The zero-order valence-electron chi connectivity index (χ0n) is 45.0. The lowest BCUT2D eigenvalue weighted by molar-refractivity contribution is -0.385. The van der Waals surface area contributed by atoms with Crippen molar-refractivity contribution in [3.05, 3.63) is 128 Å². The van der Waals surface area contributed by atoms with Crippen LogP contribution in [-0.4, -0.2) is 99.4 Å². The highest BCUT2D eigenvalue weighted by Gasteiger charge is 2.39. The fourth-order valence-corrected chi connectivity index (χ4v) is 9.42. The van der Waals surface area contributed by atoms with Crippen LogP contribution in [0.5, 0.6) is 17.2 Å². The molecule has 4 aromatic carbocycles. The Kier molecular flexibility index (Phi) is 19.1. The molecular formula is C53H74N9O12P. The van der Waals surface area contributed by atoms with Gasteiger partial charge in [0.2, 0.25) is 23.6 Å². The Balaban J connectivity index is 0.000000186. The summed E-state index contributed by atoms with van der Waals surface area (Å²) < 4.78 is 25.6. The van der Waals surface area contributed by atoms with Crippen LogP contribution in [-0.2, 0) is 49.4 Å². The normalized spacial score (nSPS) is 21.6. The fraction of sp³-hybridized carbons (Fsp3) is 0.472. The SMILES string of the molecule is CC1(C)NC(=O)[C@H](Cc2ccc(OP(=O)(O)O)cc2)N1.COc1ccc(C[C@@H]2NC(C)(C)NC2=O)cc1OC.Cc1cc(C[C@@H]2NC(C)(C)NC2=O)cc([N+](=O)[O-])c1C.Cc1ccc(C[C@@H]2NC(C)(C)NC2=O)cc1. The van der Waals surface area contributed by atoms with Crippen molar-refractivity contribution in [1.29, 1.82) is 0 Å². The predicted molar refractivity (Wildman–Crippen MR) is 284 cm³/mol. The Bertz CT molecular complexity index is 2760. The number of amides is 4. The second-order valence-electron chi connectivity index (χ2n) is 21.3. The summed E-state index contributed by atoms with van der Waals surface area (Å²) in [4.78, 5) is 75.2. The molecule has 408 valence electrons. The monoisotopic (exact) mass is 1060 g/mol. The number of hydrogen-bond acceptors (Lipinski definition) is 14. The van der Waals surface area contributed by atoms with E-state index in [4.69, 9.17) is 19.3 Å². The summed E-state index contributed by atoms with van der Waals surface area (Å²) in [6.45, 7) is 21.0. The van der Waals surface area contributed by atoms with E-state index in [9.17, 15) is 33.9 Å². The molecule has 4 aliphatic rings. The molecule has 0 radical (unpaired) electrons. The largest absolute Gasteiger partial charge is 0.524 e. The fourth-order valence-electron chi connectivity index (χ4n) is 9.02. The summed E-state index contributed by atoms with van der Waals surface area (Å²) in [6.07, 6.45) is 2.30. The maximum atomic E-state index is 11.9. The maximum absolute atomic E-state index is 11.9. The molecule has 75 heavy (non-hydrogen) atoms. The van der Waals surface area contributed by atoms with Crippen molar-refractivity contribution in [2.24, 2.45) is 0 Å². The van der Waals surface area contributed by atoms with Gasteiger partial charge in [-0.05, 0) is 154 Å². The Labute approximate surface area is 438 Å². The number of nitro groups is 1. The standard InChI is InChI=1S/C14H19N3O3.C14H20N2O3.C13H18N2O.C12H17N2O5P/c1-8-5-10(7-12(9(8)2)17(19)20)6-11-13(18)16-14(3,4)15-11;1-14(2)15-10(13(17)16-14)7-9-5-6-11(18-3)12(8-9)19-4;1-9-4-6-10(7-5-9)8-11-12(16)15-13(2,3)14-11;1-12(2)13-10(11(15)14-12)7-8-3-5-9(6-4-8)19-20(16,17)18/h5,7,11,15H,6H2,1-4H3,(H,16,18);5-6,8,10,15H,7H2,1-4H3,(H,16,17);4-7,11,14H,8H2,1-3H3,(H,15,16);3-6,10,13H,7H2,1-2H3,(H,14,15)(H2,16,17,18)/t11-;10-;11-;10-/m0000/s1. The first-order valence-corrected chi connectivity index (χ1v) is 26.0. The molecular weight excluding hydrogens is 986 g/mol. The number of ether oxygens (including phenoxy) is 2. The second-order valence-corrected chi connectivity index (χ2v) is 22.4. The third kappa shape index (κ3) is 17.8. The summed E-state index contributed by atoms with van der Waals surface area (Å²) in [7, 11) is -1.33. The molecule has 4 atom stereocenters. The molecule has 21 nitrogen and oxygen atoms in total. The van der Waals surface area contributed by atoms with Crippen LogP contribution in [0.4, 0.5) is 5.69 Å². The van der Waals surface area contributed by atoms with Gasteiger partial charge in [-0.1, -0.05) is 54.1 Å². The van der Waals surface area contributed by atoms with Crippen molar-refractivity contribution in [2.45, 2.75) is 149 Å². The topological polar surface area (TPSA) is 293 Å². The van der Waals surface area contributed by atoms with Crippen LogP contribution < -0.4 is 56.5 Å². The van der Waals surface area contributed by atoms with Crippen molar-refractivity contribution < 1.29 is 52.5 Å². The molecule has 0 aromatic heterocycles. The number of methoxy groups -OCH3 is 2. The van der Waals surface area contributed by atoms with Crippen LogP contribution in [0.3, 0.4) is 0 Å². The van der Waals surface area contributed by atoms with E-state index in [0.29, 0.717) is 36.3 Å². The smallest absolute Gasteiger partial charge is 0.493 e. The molecule has 0 unspecified atom stereocenters. The van der Waals surface area contributed by atoms with Gasteiger partial charge in [-0.3, -0.25) is 60.3 Å². The zero-order chi connectivity index (χ0) is 55.8. The third-order valence-electron chi connectivity index (χ3n) is 12.5. The van der Waals surface area contributed by atoms with E-state index in [1.54, 1.807) is 39.3 Å². The summed E-state index contributed by atoms with van der Waals surface area (Å²) in [5.74, 6) is 1.44. The van der Waals surface area contributed by atoms with Crippen molar-refractivity contribution in [1.82, 2.24) is 42.5 Å². The zero-order valence-corrected chi connectivity index (χ0v) is 45.9. The first-order valence-electron chi connectivity index (χ1n) is 24.5. The van der Waals surface area contributed by atoms with Gasteiger partial charge in [0.1, 0.15) is 5.75 Å². The van der Waals surface area contributed by atoms with Gasteiger partial charge in [0, 0.05) is 11.6 Å². The van der Waals surface area contributed by atoms with Gasteiger partial charge >= 0.3 is 7.82 Å². The number of nitrogens with one attached hydrogen (secondary N) is 8. The number of hydrogen-bond donors (Lipinski definition) is 10. The molecule has 0 saturated carbocycles. The number of phosphoric ester groups is 1. The minimum atomic E-state index is -4.54. The Morgan fingerprint density at radius 2 is 0.893 bits per heavy atom. The quantitative estimate of drug-likeness (QED) is 0.0500. The molecule has 4 aromatic rings. The number of nitrogens with zero attached hydrogens (tertiary/aromatic N) is 1. The first kappa shape index (κ1) is 59.4. The lowest BCUT2D eigenvalue weighted by Crippen LogP contribution is -2.44. The van der Waals surface area contributed by atoms with Crippen molar-refractivity contribution in [2.75, 3.05) is 14.2 Å². The highest BCUT2D eigenvalue weighted by atomic mass is 31.2. The summed E-state index contributed by atoms with van der Waals surface area (Å²) in [5.41, 5.74) is 5.28. The van der Waals surface area contributed by atoms with Crippen LogP contribution in [0.15, 0.2) is 78.9 Å². The van der Waals surface area contributed by atoms with Crippen LogP contribution in [0.1, 0.15) is 94.3 Å². The highest BCUT2D eigenvalue weighted by molar-refractivity contribution is 7.46. The summed E-state index contributed by atoms with van der Waals surface area (Å²) in [6, 6.07) is 22.7. The highest BCUT2D eigenvalue weighted by Crippen LogP contribution is 2.37. The lowest BCUT2D eigenvalue weighted by atomic mass is 9.99. The molecule has 4 heterocycles. The number of rotatable bonds is 13. The number of benzene rings is 4. The van der Waals surface area contributed by atoms with Crippen LogP contribution in [0.25, 0.3) is 0 Å². The molecule has 10 N–H and O–H groups in total. The number of nitro benzene ring substituents is 1. The van der Waals surface area contributed by atoms with Crippen molar-refractivity contribution >= 4 is 37.1 Å². The van der Waals surface area contributed by atoms with Crippen LogP contribution >= 0.6 is 7.82 Å². The van der Waals surface area contributed by atoms with E-state index in [1.807, 2.05) is 86.6 Å². The van der Waals surface area contributed by atoms with Gasteiger partial charge in [-0.25, -0.2) is 4.57 Å². The number of carbonyl (C=O) groups excluding carboxylic acids is 4. The van der Waals surface area contributed by atoms with E-state index >= 15 is 0 Å². The Hall–Kier alpha value is -6.45. The number of carbonyl (C=O) groups is 4. The molecule has 8 rings (SSSR count). The Morgan fingerprint density at radius 1 is 0.533 bits per heavy atom. The third-order valence-corrected chi connectivity index (χ3v) is 13.0. The minimum Gasteiger partial charge on any atom is -0.493 e. The van der Waals surface area contributed by atoms with E-state index in [1.165, 1.54) is 23.3 Å². The summed E-state index contributed by atoms with van der Waals surface area (Å²) >= 11 is 0. The van der Waals surface area contributed by atoms with Gasteiger partial charge in [0.05, 0.1) is 66.0 Å². The minimum absolute atomic E-state index is 0.0276. The molecule has 4 amide bonds. The average Bonchev–Trinajstić information content (AvgIpc) is 3.92. The van der Waals surface area contributed by atoms with Crippen LogP contribution in [0, 0.1) is 30.9 Å². The summed E-state index contributed by atoms with van der Waals surface area (Å²) in [5, 5.41) is 35.4. The molecule has 4 saturated heterocycles. The number of phosphoric acid groups is 1. The number of aryl methyl sites for hydroxylation is 2.